The lowest BCUT2D eigenvalue weighted by Crippen LogP contribution is -2.32. The van der Waals surface area contributed by atoms with Gasteiger partial charge in [0.25, 0.3) is 0 Å². The summed E-state index contributed by atoms with van der Waals surface area (Å²) in [6.45, 7) is 8.89. The van der Waals surface area contributed by atoms with Crippen molar-refractivity contribution in [1.82, 2.24) is 0 Å². The first-order valence-electron chi connectivity index (χ1n) is 12.8. The molecule has 33 heavy (non-hydrogen) atoms. The lowest BCUT2D eigenvalue weighted by molar-refractivity contribution is 0.0862. The Morgan fingerprint density at radius 1 is 1.33 bits per heavy atom. The number of fused-ring (bicyclic) bond motifs is 1. The van der Waals surface area contributed by atoms with E-state index in [1.165, 1.54) is 31.3 Å². The summed E-state index contributed by atoms with van der Waals surface area (Å²) >= 11 is 0. The molecule has 3 fully saturated rings. The first-order chi connectivity index (χ1) is 15.8. The molecule has 0 aliphatic heterocycles. The molecule has 0 aromatic heterocycles. The minimum Gasteiger partial charge on any atom is -0.399 e. The van der Waals surface area contributed by atoms with Gasteiger partial charge in [0.1, 0.15) is 7.11 Å². The summed E-state index contributed by atoms with van der Waals surface area (Å²) in [6, 6.07) is 0. The molecule has 0 heterocycles. The zero-order valence-corrected chi connectivity index (χ0v) is 20.6. The van der Waals surface area contributed by atoms with Crippen molar-refractivity contribution in [3.8, 4) is 0 Å². The van der Waals surface area contributed by atoms with Crippen LogP contribution in [0.1, 0.15) is 71.6 Å². The van der Waals surface area contributed by atoms with E-state index in [0.717, 1.165) is 36.1 Å². The second-order valence-corrected chi connectivity index (χ2v) is 10.8. The van der Waals surface area contributed by atoms with E-state index in [-0.39, 0.29) is 5.41 Å². The lowest BCUT2D eigenvalue weighted by Gasteiger charge is -2.42. The molecule has 0 amide bonds. The number of rotatable bonds is 7. The predicted molar refractivity (Wildman–Crippen MR) is 135 cm³/mol. The number of aliphatic hydroxyl groups excluding tert-OH is 2. The maximum absolute atomic E-state index is 10.2. The number of hydrogen-bond acceptors (Lipinski definition) is 4. The molecule has 2 N–H and O–H groups in total. The van der Waals surface area contributed by atoms with Crippen LogP contribution in [0, 0.1) is 23.2 Å². The molecule has 0 radical (unpaired) electrons. The highest BCUT2D eigenvalue weighted by Crippen LogP contribution is 2.57. The molecule has 0 saturated heterocycles. The lowest BCUT2D eigenvalue weighted by atomic mass is 9.62. The molecule has 5 atom stereocenters. The SMILES string of the molecule is C=C1/C(=C\C=C2/CCC[C@]3(C)C([C@@H](C)C/C=C/C(=NOC)C4CC4)=CC[C@@H]23)C[C@@H](O)C[C@@H]1O. The highest BCUT2D eigenvalue weighted by atomic mass is 16.6. The normalized spacial score (nSPS) is 36.4. The Kier molecular flexibility index (Phi) is 7.45. The molecular formula is C29H41NO3. The number of allylic oxidation sites excluding steroid dienone is 7. The Balaban J connectivity index is 1.44. The fraction of sp³-hybridized carbons (Fsp3) is 0.621. The number of hydrogen-bond donors (Lipinski definition) is 2. The highest BCUT2D eigenvalue weighted by molar-refractivity contribution is 5.98. The molecule has 4 nitrogen and oxygen atoms in total. The van der Waals surface area contributed by atoms with Crippen LogP contribution < -0.4 is 0 Å². The van der Waals surface area contributed by atoms with Gasteiger partial charge in [-0.15, -0.1) is 0 Å². The monoisotopic (exact) mass is 451 g/mol. The van der Waals surface area contributed by atoms with Gasteiger partial charge in [0.2, 0.25) is 0 Å². The molecule has 4 aliphatic carbocycles. The van der Waals surface area contributed by atoms with E-state index in [0.29, 0.717) is 30.6 Å². The average Bonchev–Trinajstić information content (AvgIpc) is 3.55. The zero-order chi connectivity index (χ0) is 23.6. The third kappa shape index (κ3) is 5.27. The second kappa shape index (κ2) is 10.1. The van der Waals surface area contributed by atoms with E-state index >= 15 is 0 Å². The van der Waals surface area contributed by atoms with E-state index in [1.807, 2.05) is 0 Å². The van der Waals surface area contributed by atoms with Crippen LogP contribution in [0.3, 0.4) is 0 Å². The molecule has 0 bridgehead atoms. The van der Waals surface area contributed by atoms with E-state index in [4.69, 9.17) is 4.84 Å². The molecule has 3 saturated carbocycles. The molecule has 4 heteroatoms. The van der Waals surface area contributed by atoms with Gasteiger partial charge in [0.05, 0.1) is 17.9 Å². The van der Waals surface area contributed by atoms with Gasteiger partial charge in [-0.2, -0.15) is 0 Å². The first kappa shape index (κ1) is 24.2. The Labute approximate surface area is 199 Å². The fourth-order valence-corrected chi connectivity index (χ4v) is 6.33. The summed E-state index contributed by atoms with van der Waals surface area (Å²) in [6.07, 6.45) is 19.4. The van der Waals surface area contributed by atoms with Gasteiger partial charge in [0, 0.05) is 12.3 Å². The summed E-state index contributed by atoms with van der Waals surface area (Å²) in [7, 11) is 1.63. The van der Waals surface area contributed by atoms with Crippen LogP contribution in [-0.4, -0.2) is 35.2 Å². The van der Waals surface area contributed by atoms with Gasteiger partial charge in [-0.25, -0.2) is 0 Å². The minimum atomic E-state index is -0.627. The topological polar surface area (TPSA) is 62.0 Å². The fourth-order valence-electron chi connectivity index (χ4n) is 6.33. The summed E-state index contributed by atoms with van der Waals surface area (Å²) in [5.41, 5.74) is 6.19. The number of nitrogens with zero attached hydrogens (tertiary/aromatic N) is 1. The van der Waals surface area contributed by atoms with Crippen molar-refractivity contribution in [1.29, 1.82) is 0 Å². The van der Waals surface area contributed by atoms with Gasteiger partial charge in [-0.05, 0) is 85.8 Å². The molecule has 0 unspecified atom stereocenters. The Morgan fingerprint density at radius 3 is 2.85 bits per heavy atom. The van der Waals surface area contributed by atoms with E-state index < -0.39 is 12.2 Å². The molecule has 4 aliphatic rings. The van der Waals surface area contributed by atoms with Crippen molar-refractivity contribution in [3.05, 3.63) is 59.3 Å². The van der Waals surface area contributed by atoms with Crippen molar-refractivity contribution in [2.45, 2.75) is 83.8 Å². The molecule has 0 spiro atoms. The molecular weight excluding hydrogens is 410 g/mol. The second-order valence-electron chi connectivity index (χ2n) is 10.8. The van der Waals surface area contributed by atoms with Crippen LogP contribution in [0.5, 0.6) is 0 Å². The van der Waals surface area contributed by atoms with Gasteiger partial charge in [-0.3, -0.25) is 0 Å². The standard InChI is InChI=1S/C29H41NO3/c1-19(7-5-9-27(30-33-4)22-11-12-22)25-14-15-26-21(8-6-16-29(25,26)3)10-13-23-17-24(31)18-28(32)20(23)2/h5,9-10,13-14,19,22,24,26,28,31-32H,2,6-8,11-12,15-18H2,1,3-4H3/b9-5+,21-10+,23-13-,30-27?/t19-,24+,26-,28-,29+/m0/s1. The quantitative estimate of drug-likeness (QED) is 0.282. The van der Waals surface area contributed by atoms with Gasteiger partial charge in [0.15, 0.2) is 0 Å². The molecule has 180 valence electrons. The van der Waals surface area contributed by atoms with Crippen molar-refractivity contribution in [2.24, 2.45) is 28.3 Å². The maximum atomic E-state index is 10.2. The van der Waals surface area contributed by atoms with Crippen LogP contribution >= 0.6 is 0 Å². The zero-order valence-electron chi connectivity index (χ0n) is 20.6. The van der Waals surface area contributed by atoms with Gasteiger partial charge >= 0.3 is 0 Å². The highest BCUT2D eigenvalue weighted by Gasteiger charge is 2.45. The maximum Gasteiger partial charge on any atom is 0.106 e. The Hall–Kier alpha value is -1.91. The van der Waals surface area contributed by atoms with Gasteiger partial charge in [-0.1, -0.05) is 61.0 Å². The largest absolute Gasteiger partial charge is 0.399 e. The van der Waals surface area contributed by atoms with Crippen molar-refractivity contribution in [3.63, 3.8) is 0 Å². The first-order valence-corrected chi connectivity index (χ1v) is 12.8. The summed E-state index contributed by atoms with van der Waals surface area (Å²) < 4.78 is 0. The van der Waals surface area contributed by atoms with Gasteiger partial charge < -0.3 is 15.1 Å². The Morgan fingerprint density at radius 2 is 2.12 bits per heavy atom. The third-order valence-electron chi connectivity index (χ3n) is 8.38. The third-order valence-corrected chi connectivity index (χ3v) is 8.38. The minimum absolute atomic E-state index is 0.221. The van der Waals surface area contributed by atoms with Crippen molar-refractivity contribution in [2.75, 3.05) is 7.11 Å². The van der Waals surface area contributed by atoms with Crippen LogP contribution in [0.2, 0.25) is 0 Å². The number of aliphatic hydroxyl groups is 2. The van der Waals surface area contributed by atoms with Crippen LogP contribution in [-0.2, 0) is 4.84 Å². The summed E-state index contributed by atoms with van der Waals surface area (Å²) in [5.74, 6) is 1.65. The summed E-state index contributed by atoms with van der Waals surface area (Å²) in [5, 5.41) is 24.4. The van der Waals surface area contributed by atoms with Crippen molar-refractivity contribution < 1.29 is 15.1 Å². The smallest absolute Gasteiger partial charge is 0.106 e. The molecule has 0 aromatic carbocycles. The molecule has 0 aromatic rings. The van der Waals surface area contributed by atoms with Crippen LogP contribution in [0.25, 0.3) is 0 Å². The average molecular weight is 452 g/mol. The van der Waals surface area contributed by atoms with Crippen molar-refractivity contribution >= 4 is 5.71 Å². The van der Waals surface area contributed by atoms with Crippen LogP contribution in [0.15, 0.2) is 64.4 Å². The predicted octanol–water partition coefficient (Wildman–Crippen LogP) is 6.04. The van der Waals surface area contributed by atoms with E-state index in [1.54, 1.807) is 12.7 Å². The summed E-state index contributed by atoms with van der Waals surface area (Å²) in [4.78, 5) is 5.03. The van der Waals surface area contributed by atoms with E-state index in [2.05, 4.69) is 56.0 Å². The molecule has 4 rings (SSSR count). The van der Waals surface area contributed by atoms with Crippen LogP contribution in [0.4, 0.5) is 0 Å². The van der Waals surface area contributed by atoms with E-state index in [9.17, 15) is 10.2 Å². The Bertz CT molecular complexity index is 904. The number of oxime groups is 1.